The van der Waals surface area contributed by atoms with Crippen molar-refractivity contribution < 1.29 is 4.74 Å². The van der Waals surface area contributed by atoms with E-state index in [4.69, 9.17) is 9.84 Å². The second kappa shape index (κ2) is 9.22. The van der Waals surface area contributed by atoms with E-state index in [-0.39, 0.29) is 5.41 Å². The van der Waals surface area contributed by atoms with Gasteiger partial charge >= 0.3 is 0 Å². The summed E-state index contributed by atoms with van der Waals surface area (Å²) in [5.74, 6) is 1.32. The second-order valence-electron chi connectivity index (χ2n) is 9.78. The lowest BCUT2D eigenvalue weighted by Gasteiger charge is -2.21. The SMILES string of the molecule is Cc1c(-c2cc(Oc3ccccn3)cc(C(C)(C)C)c2)n[nH]c1-c1ccc(-c2ccccc2)cc1. The Balaban J connectivity index is 1.51. The number of pyridine rings is 1. The summed E-state index contributed by atoms with van der Waals surface area (Å²) in [7, 11) is 0. The fourth-order valence-electron chi connectivity index (χ4n) is 4.18. The fourth-order valence-corrected chi connectivity index (χ4v) is 4.18. The minimum atomic E-state index is -0.0431. The molecule has 4 heteroatoms. The highest BCUT2D eigenvalue weighted by atomic mass is 16.5. The van der Waals surface area contributed by atoms with E-state index >= 15 is 0 Å². The third-order valence-corrected chi connectivity index (χ3v) is 6.20. The Morgan fingerprint density at radius 1 is 0.714 bits per heavy atom. The van der Waals surface area contributed by atoms with Crippen LogP contribution in [0.2, 0.25) is 0 Å². The summed E-state index contributed by atoms with van der Waals surface area (Å²) in [4.78, 5) is 4.31. The summed E-state index contributed by atoms with van der Waals surface area (Å²) in [6.45, 7) is 8.72. The number of nitrogens with zero attached hydrogens (tertiary/aromatic N) is 2. The number of hydrogen-bond donors (Lipinski definition) is 1. The first-order valence-electron chi connectivity index (χ1n) is 11.8. The summed E-state index contributed by atoms with van der Waals surface area (Å²) in [5, 5.41) is 7.99. The van der Waals surface area contributed by atoms with Crippen LogP contribution in [0.15, 0.2) is 97.2 Å². The molecule has 0 atom stereocenters. The van der Waals surface area contributed by atoms with Gasteiger partial charge in [-0.05, 0) is 58.9 Å². The van der Waals surface area contributed by atoms with Gasteiger partial charge in [0.2, 0.25) is 5.88 Å². The summed E-state index contributed by atoms with van der Waals surface area (Å²) in [5.41, 5.74) is 8.71. The molecule has 2 heterocycles. The van der Waals surface area contributed by atoms with Crippen LogP contribution in [-0.2, 0) is 5.41 Å². The second-order valence-corrected chi connectivity index (χ2v) is 9.78. The van der Waals surface area contributed by atoms with Crippen LogP contribution in [0.3, 0.4) is 0 Å². The number of H-pyrrole nitrogens is 1. The third-order valence-electron chi connectivity index (χ3n) is 6.20. The van der Waals surface area contributed by atoms with Crippen molar-refractivity contribution in [2.24, 2.45) is 0 Å². The molecule has 174 valence electrons. The molecule has 0 aliphatic rings. The molecule has 0 aliphatic heterocycles. The highest BCUT2D eigenvalue weighted by Gasteiger charge is 2.20. The molecule has 0 saturated carbocycles. The van der Waals surface area contributed by atoms with Crippen molar-refractivity contribution in [2.75, 3.05) is 0 Å². The molecule has 1 N–H and O–H groups in total. The van der Waals surface area contributed by atoms with Crippen molar-refractivity contribution in [1.29, 1.82) is 0 Å². The first-order valence-corrected chi connectivity index (χ1v) is 11.8. The predicted octanol–water partition coefficient (Wildman–Crippen LogP) is 8.20. The Hall–Kier alpha value is -4.18. The third kappa shape index (κ3) is 4.87. The van der Waals surface area contributed by atoms with Gasteiger partial charge in [0.1, 0.15) is 5.75 Å². The summed E-state index contributed by atoms with van der Waals surface area (Å²) < 4.78 is 6.11. The molecule has 0 aliphatic carbocycles. The van der Waals surface area contributed by atoms with Gasteiger partial charge < -0.3 is 4.74 Å². The molecule has 4 nitrogen and oxygen atoms in total. The molecule has 2 aromatic heterocycles. The Kier molecular flexibility index (Phi) is 5.96. The lowest BCUT2D eigenvalue weighted by Crippen LogP contribution is -2.11. The van der Waals surface area contributed by atoms with Gasteiger partial charge in [0.15, 0.2) is 0 Å². The summed E-state index contributed by atoms with van der Waals surface area (Å²) in [6.07, 6.45) is 1.73. The number of nitrogens with one attached hydrogen (secondary N) is 1. The van der Waals surface area contributed by atoms with Gasteiger partial charge in [-0.15, -0.1) is 0 Å². The highest BCUT2D eigenvalue weighted by Crippen LogP contribution is 2.36. The molecule has 0 saturated heterocycles. The maximum absolute atomic E-state index is 6.11. The monoisotopic (exact) mass is 459 g/mol. The van der Waals surface area contributed by atoms with Crippen molar-refractivity contribution in [1.82, 2.24) is 15.2 Å². The molecule has 5 aromatic rings. The molecular weight excluding hydrogens is 430 g/mol. The van der Waals surface area contributed by atoms with Crippen LogP contribution in [0.5, 0.6) is 11.6 Å². The summed E-state index contributed by atoms with van der Waals surface area (Å²) in [6, 6.07) is 31.0. The van der Waals surface area contributed by atoms with Crippen molar-refractivity contribution in [2.45, 2.75) is 33.1 Å². The van der Waals surface area contributed by atoms with Crippen LogP contribution in [0.4, 0.5) is 0 Å². The molecule has 0 fully saturated rings. The minimum Gasteiger partial charge on any atom is -0.439 e. The molecule has 5 rings (SSSR count). The largest absolute Gasteiger partial charge is 0.439 e. The van der Waals surface area contributed by atoms with E-state index in [0.717, 1.165) is 33.8 Å². The summed E-state index contributed by atoms with van der Waals surface area (Å²) >= 11 is 0. The number of aromatic amines is 1. The van der Waals surface area contributed by atoms with E-state index in [1.807, 2.05) is 30.3 Å². The van der Waals surface area contributed by atoms with Crippen LogP contribution < -0.4 is 4.74 Å². The number of ether oxygens (including phenoxy) is 1. The number of benzene rings is 3. The number of aromatic nitrogens is 3. The smallest absolute Gasteiger partial charge is 0.219 e. The first-order chi connectivity index (χ1) is 16.9. The van der Waals surface area contributed by atoms with Crippen molar-refractivity contribution >= 4 is 0 Å². The van der Waals surface area contributed by atoms with Crippen molar-refractivity contribution in [3.8, 4) is 45.3 Å². The maximum atomic E-state index is 6.11. The van der Waals surface area contributed by atoms with Crippen LogP contribution in [0.25, 0.3) is 33.6 Å². The van der Waals surface area contributed by atoms with Gasteiger partial charge in [0.25, 0.3) is 0 Å². The molecule has 35 heavy (non-hydrogen) atoms. The van der Waals surface area contributed by atoms with E-state index < -0.39 is 0 Å². The van der Waals surface area contributed by atoms with Crippen molar-refractivity contribution in [3.05, 3.63) is 108 Å². The fraction of sp³-hybridized carbons (Fsp3) is 0.161. The van der Waals surface area contributed by atoms with E-state index in [1.54, 1.807) is 6.20 Å². The maximum Gasteiger partial charge on any atom is 0.219 e. The zero-order valence-electron chi connectivity index (χ0n) is 20.5. The molecular formula is C31H29N3O. The zero-order valence-corrected chi connectivity index (χ0v) is 20.5. The van der Waals surface area contributed by atoms with E-state index in [0.29, 0.717) is 5.88 Å². The lowest BCUT2D eigenvalue weighted by molar-refractivity contribution is 0.460. The van der Waals surface area contributed by atoms with Crippen LogP contribution in [0.1, 0.15) is 31.9 Å². The lowest BCUT2D eigenvalue weighted by atomic mass is 9.85. The predicted molar refractivity (Wildman–Crippen MR) is 143 cm³/mol. The average molecular weight is 460 g/mol. The Morgan fingerprint density at radius 2 is 1.40 bits per heavy atom. The van der Waals surface area contributed by atoms with Crippen molar-refractivity contribution in [3.63, 3.8) is 0 Å². The zero-order chi connectivity index (χ0) is 24.4. The van der Waals surface area contributed by atoms with E-state index in [2.05, 4.69) is 98.4 Å². The van der Waals surface area contributed by atoms with Gasteiger partial charge in [-0.2, -0.15) is 5.10 Å². The van der Waals surface area contributed by atoms with Gasteiger partial charge in [0, 0.05) is 23.4 Å². The number of hydrogen-bond acceptors (Lipinski definition) is 3. The Bertz CT molecular complexity index is 1430. The molecule has 0 spiro atoms. The van der Waals surface area contributed by atoms with Gasteiger partial charge in [-0.3, -0.25) is 5.10 Å². The molecule has 0 amide bonds. The standard InChI is InChI=1S/C31H29N3O/c1-21-29(24-15-13-23(14-16-24)22-10-6-5-7-11-22)33-34-30(21)25-18-26(31(2,3)4)20-27(19-25)35-28-12-8-9-17-32-28/h5-20H,1-4H3,(H,33,34). The average Bonchev–Trinajstić information content (AvgIpc) is 3.26. The molecule has 0 unspecified atom stereocenters. The number of rotatable bonds is 5. The van der Waals surface area contributed by atoms with Crippen LogP contribution >= 0.6 is 0 Å². The van der Waals surface area contributed by atoms with Gasteiger partial charge in [0.05, 0.1) is 11.4 Å². The van der Waals surface area contributed by atoms with Gasteiger partial charge in [-0.25, -0.2) is 4.98 Å². The highest BCUT2D eigenvalue weighted by molar-refractivity contribution is 5.76. The van der Waals surface area contributed by atoms with E-state index in [1.165, 1.54) is 16.7 Å². The first kappa shape index (κ1) is 22.6. The van der Waals surface area contributed by atoms with E-state index in [9.17, 15) is 0 Å². The van der Waals surface area contributed by atoms with Crippen LogP contribution in [-0.4, -0.2) is 15.2 Å². The Morgan fingerprint density at radius 3 is 2.09 bits per heavy atom. The molecule has 0 radical (unpaired) electrons. The molecule has 3 aromatic carbocycles. The quantitative estimate of drug-likeness (QED) is 0.288. The minimum absolute atomic E-state index is 0.0431. The molecule has 0 bridgehead atoms. The van der Waals surface area contributed by atoms with Crippen LogP contribution in [0, 0.1) is 6.92 Å². The van der Waals surface area contributed by atoms with Gasteiger partial charge in [-0.1, -0.05) is 81.4 Å². The normalized spacial score (nSPS) is 11.4. The Labute approximate surface area is 206 Å². The topological polar surface area (TPSA) is 50.8 Å².